The second kappa shape index (κ2) is 9.79. The van der Waals surface area contributed by atoms with Crippen LogP contribution in [0.1, 0.15) is 31.1 Å². The van der Waals surface area contributed by atoms with E-state index in [1.807, 2.05) is 6.92 Å². The molecule has 0 aliphatic carbocycles. The number of hydrogen-bond acceptors (Lipinski definition) is 6. The molecule has 9 heteroatoms. The average Bonchev–Trinajstić information content (AvgIpc) is 2.65. The summed E-state index contributed by atoms with van der Waals surface area (Å²) in [5, 5.41) is 3.08. The van der Waals surface area contributed by atoms with E-state index in [2.05, 4.69) is 26.0 Å². The van der Waals surface area contributed by atoms with E-state index in [9.17, 15) is 13.2 Å². The number of nitrogens with one attached hydrogen (secondary N) is 2. The highest BCUT2D eigenvalue weighted by molar-refractivity contribution is 9.10. The zero-order chi connectivity index (χ0) is 20.7. The SMILES string of the molecule is CCNc1ccc(C(=O)OCC)cc1NS(=O)(=O)c1cc(Br)ccc1OCC. The molecule has 7 nitrogen and oxygen atoms in total. The van der Waals surface area contributed by atoms with E-state index < -0.39 is 16.0 Å². The van der Waals surface area contributed by atoms with Crippen molar-refractivity contribution >= 4 is 43.3 Å². The molecule has 0 fully saturated rings. The number of carbonyl (C=O) groups is 1. The van der Waals surface area contributed by atoms with Crippen LogP contribution in [0.3, 0.4) is 0 Å². The second-order valence-electron chi connectivity index (χ2n) is 5.64. The summed E-state index contributed by atoms with van der Waals surface area (Å²) in [6, 6.07) is 9.43. The van der Waals surface area contributed by atoms with Gasteiger partial charge in [0.1, 0.15) is 10.6 Å². The zero-order valence-electron chi connectivity index (χ0n) is 15.9. The van der Waals surface area contributed by atoms with E-state index in [1.54, 1.807) is 38.1 Å². The summed E-state index contributed by atoms with van der Waals surface area (Å²) in [7, 11) is -3.98. The first-order chi connectivity index (χ1) is 13.3. The Kier molecular flexibility index (Phi) is 7.70. The molecule has 2 rings (SSSR count). The Bertz CT molecular complexity index is 947. The molecular weight excluding hydrogens is 448 g/mol. The Morgan fingerprint density at radius 2 is 1.79 bits per heavy atom. The van der Waals surface area contributed by atoms with Crippen LogP contribution in [0, 0.1) is 0 Å². The van der Waals surface area contributed by atoms with Crippen LogP contribution >= 0.6 is 15.9 Å². The van der Waals surface area contributed by atoms with Crippen molar-refractivity contribution in [2.45, 2.75) is 25.7 Å². The molecule has 0 aromatic heterocycles. The third-order valence-corrected chi connectivity index (χ3v) is 5.52. The summed E-state index contributed by atoms with van der Waals surface area (Å²) in [5.74, 6) is -0.284. The lowest BCUT2D eigenvalue weighted by Gasteiger charge is -2.16. The first kappa shape index (κ1) is 22.0. The first-order valence-corrected chi connectivity index (χ1v) is 11.1. The number of anilines is 2. The average molecular weight is 471 g/mol. The number of ether oxygens (including phenoxy) is 2. The van der Waals surface area contributed by atoms with Gasteiger partial charge in [-0.1, -0.05) is 15.9 Å². The van der Waals surface area contributed by atoms with Crippen molar-refractivity contribution < 1.29 is 22.7 Å². The summed E-state index contributed by atoms with van der Waals surface area (Å²) >= 11 is 3.29. The number of halogens is 1. The molecule has 0 unspecified atom stereocenters. The number of sulfonamides is 1. The van der Waals surface area contributed by atoms with Crippen molar-refractivity contribution in [3.8, 4) is 5.75 Å². The fourth-order valence-corrected chi connectivity index (χ4v) is 4.24. The van der Waals surface area contributed by atoms with Crippen LogP contribution in [0.2, 0.25) is 0 Å². The van der Waals surface area contributed by atoms with Gasteiger partial charge in [-0.15, -0.1) is 0 Å². The van der Waals surface area contributed by atoms with E-state index >= 15 is 0 Å². The van der Waals surface area contributed by atoms with Gasteiger partial charge in [0.25, 0.3) is 10.0 Å². The highest BCUT2D eigenvalue weighted by atomic mass is 79.9. The lowest BCUT2D eigenvalue weighted by Crippen LogP contribution is -2.17. The fraction of sp³-hybridized carbons (Fsp3) is 0.316. The molecule has 2 aromatic carbocycles. The van der Waals surface area contributed by atoms with Gasteiger partial charge in [-0.05, 0) is 57.2 Å². The van der Waals surface area contributed by atoms with E-state index in [0.717, 1.165) is 0 Å². The van der Waals surface area contributed by atoms with Gasteiger partial charge in [-0.3, -0.25) is 4.72 Å². The largest absolute Gasteiger partial charge is 0.492 e. The molecule has 0 saturated heterocycles. The number of rotatable bonds is 9. The van der Waals surface area contributed by atoms with Crippen LogP contribution in [-0.2, 0) is 14.8 Å². The summed E-state index contributed by atoms with van der Waals surface area (Å²) in [4.78, 5) is 12.0. The van der Waals surface area contributed by atoms with E-state index in [4.69, 9.17) is 9.47 Å². The lowest BCUT2D eigenvalue weighted by molar-refractivity contribution is 0.0526. The third kappa shape index (κ3) is 5.39. The van der Waals surface area contributed by atoms with Crippen molar-refractivity contribution in [3.05, 3.63) is 46.4 Å². The summed E-state index contributed by atoms with van der Waals surface area (Å²) in [6.45, 7) is 6.50. The van der Waals surface area contributed by atoms with E-state index in [1.165, 1.54) is 12.1 Å². The molecule has 0 saturated carbocycles. The number of carbonyl (C=O) groups excluding carboxylic acids is 1. The molecule has 0 spiro atoms. The molecule has 28 heavy (non-hydrogen) atoms. The van der Waals surface area contributed by atoms with Gasteiger partial charge in [0.05, 0.1) is 30.2 Å². The lowest BCUT2D eigenvalue weighted by atomic mass is 10.1. The summed E-state index contributed by atoms with van der Waals surface area (Å²) in [5.41, 5.74) is 1.04. The third-order valence-electron chi connectivity index (χ3n) is 3.64. The Labute approximate surface area is 173 Å². The molecule has 0 radical (unpaired) electrons. The van der Waals surface area contributed by atoms with Crippen molar-refractivity contribution in [1.82, 2.24) is 0 Å². The Hall–Kier alpha value is -2.26. The van der Waals surface area contributed by atoms with Crippen LogP contribution in [0.25, 0.3) is 0 Å². The molecule has 0 atom stereocenters. The van der Waals surface area contributed by atoms with Gasteiger partial charge in [0.2, 0.25) is 0 Å². The minimum absolute atomic E-state index is 0.00675. The summed E-state index contributed by atoms with van der Waals surface area (Å²) in [6.07, 6.45) is 0. The fourth-order valence-electron chi connectivity index (χ4n) is 2.48. The van der Waals surface area contributed by atoms with Gasteiger partial charge in [-0.2, -0.15) is 0 Å². The maximum Gasteiger partial charge on any atom is 0.338 e. The Morgan fingerprint density at radius 3 is 2.43 bits per heavy atom. The smallest absolute Gasteiger partial charge is 0.338 e. The molecule has 152 valence electrons. The van der Waals surface area contributed by atoms with E-state index in [-0.39, 0.29) is 28.5 Å². The maximum atomic E-state index is 13.1. The molecule has 0 bridgehead atoms. The molecule has 0 aliphatic rings. The van der Waals surface area contributed by atoms with Gasteiger partial charge < -0.3 is 14.8 Å². The Morgan fingerprint density at radius 1 is 1.04 bits per heavy atom. The molecule has 2 aromatic rings. The van der Waals surface area contributed by atoms with Gasteiger partial charge in [-0.25, -0.2) is 13.2 Å². The molecule has 0 aliphatic heterocycles. The van der Waals surface area contributed by atoms with Crippen LogP contribution < -0.4 is 14.8 Å². The standard InChI is InChI=1S/C19H23BrN2O5S/c1-4-21-15-9-7-13(19(23)27-6-3)11-16(15)22-28(24,25)18-12-14(20)8-10-17(18)26-5-2/h7-12,21-22H,4-6H2,1-3H3. The second-order valence-corrected chi connectivity index (χ2v) is 8.21. The number of esters is 1. The predicted molar refractivity (Wildman–Crippen MR) is 113 cm³/mol. The van der Waals surface area contributed by atoms with Gasteiger partial charge in [0, 0.05) is 11.0 Å². The Balaban J connectivity index is 2.48. The first-order valence-electron chi connectivity index (χ1n) is 8.82. The van der Waals surface area contributed by atoms with Crippen molar-refractivity contribution in [2.24, 2.45) is 0 Å². The highest BCUT2D eigenvalue weighted by Crippen LogP contribution is 2.32. The molecule has 0 amide bonds. The minimum atomic E-state index is -3.98. The monoisotopic (exact) mass is 470 g/mol. The van der Waals surface area contributed by atoms with Crippen LogP contribution in [0.15, 0.2) is 45.8 Å². The van der Waals surface area contributed by atoms with Crippen LogP contribution in [0.5, 0.6) is 5.75 Å². The number of hydrogen-bond donors (Lipinski definition) is 2. The molecular formula is C19H23BrN2O5S. The quantitative estimate of drug-likeness (QED) is 0.531. The van der Waals surface area contributed by atoms with Crippen molar-refractivity contribution in [1.29, 1.82) is 0 Å². The van der Waals surface area contributed by atoms with Gasteiger partial charge in [0.15, 0.2) is 0 Å². The van der Waals surface area contributed by atoms with Gasteiger partial charge >= 0.3 is 5.97 Å². The molecule has 0 heterocycles. The topological polar surface area (TPSA) is 93.7 Å². The maximum absolute atomic E-state index is 13.1. The normalized spacial score (nSPS) is 11.0. The van der Waals surface area contributed by atoms with Crippen LogP contribution in [0.4, 0.5) is 11.4 Å². The summed E-state index contributed by atoms with van der Waals surface area (Å²) < 4.78 is 39.7. The highest BCUT2D eigenvalue weighted by Gasteiger charge is 2.22. The van der Waals surface area contributed by atoms with Crippen molar-refractivity contribution in [2.75, 3.05) is 29.8 Å². The predicted octanol–water partition coefficient (Wildman–Crippen LogP) is 4.26. The molecule has 2 N–H and O–H groups in total. The van der Waals surface area contributed by atoms with Crippen molar-refractivity contribution in [3.63, 3.8) is 0 Å². The van der Waals surface area contributed by atoms with E-state index in [0.29, 0.717) is 23.3 Å². The zero-order valence-corrected chi connectivity index (χ0v) is 18.3. The van der Waals surface area contributed by atoms with Crippen LogP contribution in [-0.4, -0.2) is 34.1 Å². The minimum Gasteiger partial charge on any atom is -0.492 e. The number of benzene rings is 2.